The third-order valence-electron chi connectivity index (χ3n) is 3.02. The summed E-state index contributed by atoms with van der Waals surface area (Å²) in [4.78, 5) is 22.3. The third kappa shape index (κ3) is 1.10. The number of carbonyl (C=O) groups excluding carboxylic acids is 2. The molecule has 4 unspecified atom stereocenters. The molecule has 3 fully saturated rings. The van der Waals surface area contributed by atoms with E-state index in [0.29, 0.717) is 0 Å². The molecule has 78 valence electrons. The lowest BCUT2D eigenvalue weighted by atomic mass is 9.81. The van der Waals surface area contributed by atoms with E-state index >= 15 is 0 Å². The van der Waals surface area contributed by atoms with Crippen LogP contribution in [0.5, 0.6) is 0 Å². The number of ether oxygens (including phenoxy) is 2. The van der Waals surface area contributed by atoms with Crippen molar-refractivity contribution < 1.29 is 19.1 Å². The van der Waals surface area contributed by atoms with Gasteiger partial charge >= 0.3 is 11.9 Å². The summed E-state index contributed by atoms with van der Waals surface area (Å²) in [7, 11) is 0. The Hall–Kier alpha value is -0.900. The number of cyclic esters (lactones) is 2. The lowest BCUT2D eigenvalue weighted by molar-refractivity contribution is -0.156. The van der Waals surface area contributed by atoms with Crippen molar-refractivity contribution in [3.63, 3.8) is 0 Å². The fraction of sp³-hybridized carbons (Fsp3) is 0.800. The van der Waals surface area contributed by atoms with E-state index in [0.717, 1.165) is 12.8 Å². The standard InChI is InChI=1S/C8H8O4.C2H6/c9-7-5-3-1-2-4(11-3)6(5)8(10)12-7;1-2/h3-6H,1-2H2;1-2H3. The molecule has 0 N–H and O–H groups in total. The predicted molar refractivity (Wildman–Crippen MR) is 47.3 cm³/mol. The van der Waals surface area contributed by atoms with E-state index in [1.165, 1.54) is 0 Å². The van der Waals surface area contributed by atoms with Crippen molar-refractivity contribution >= 4 is 11.9 Å². The molecule has 0 spiro atoms. The number of hydrogen-bond acceptors (Lipinski definition) is 4. The molecule has 2 bridgehead atoms. The molecule has 3 rings (SSSR count). The van der Waals surface area contributed by atoms with Crippen LogP contribution in [-0.4, -0.2) is 24.1 Å². The summed E-state index contributed by atoms with van der Waals surface area (Å²) in [5.41, 5.74) is 0. The first-order chi connectivity index (χ1) is 6.77. The van der Waals surface area contributed by atoms with E-state index in [1.807, 2.05) is 13.8 Å². The third-order valence-corrected chi connectivity index (χ3v) is 3.02. The summed E-state index contributed by atoms with van der Waals surface area (Å²) < 4.78 is 10.0. The van der Waals surface area contributed by atoms with E-state index in [2.05, 4.69) is 4.74 Å². The first-order valence-corrected chi connectivity index (χ1v) is 5.18. The van der Waals surface area contributed by atoms with Gasteiger partial charge in [0.05, 0.1) is 24.0 Å². The van der Waals surface area contributed by atoms with Crippen LogP contribution in [0.25, 0.3) is 0 Å². The summed E-state index contributed by atoms with van der Waals surface area (Å²) in [5, 5.41) is 0. The van der Waals surface area contributed by atoms with Crippen LogP contribution in [-0.2, 0) is 19.1 Å². The summed E-state index contributed by atoms with van der Waals surface area (Å²) in [6, 6.07) is 0. The Morgan fingerprint density at radius 1 is 1.00 bits per heavy atom. The highest BCUT2D eigenvalue weighted by atomic mass is 16.6. The van der Waals surface area contributed by atoms with Gasteiger partial charge in [-0.1, -0.05) is 13.8 Å². The first kappa shape index (κ1) is 9.65. The van der Waals surface area contributed by atoms with Gasteiger partial charge in [0.1, 0.15) is 0 Å². The molecule has 3 saturated heterocycles. The largest absolute Gasteiger partial charge is 0.393 e. The van der Waals surface area contributed by atoms with Gasteiger partial charge in [-0.3, -0.25) is 9.59 Å². The van der Waals surface area contributed by atoms with Crippen LogP contribution < -0.4 is 0 Å². The molecule has 3 aliphatic rings. The van der Waals surface area contributed by atoms with Crippen molar-refractivity contribution in [1.29, 1.82) is 0 Å². The van der Waals surface area contributed by atoms with Crippen molar-refractivity contribution in [2.24, 2.45) is 11.8 Å². The number of fused-ring (bicyclic) bond motifs is 5. The molecule has 3 heterocycles. The maximum absolute atomic E-state index is 11.1. The smallest absolute Gasteiger partial charge is 0.320 e. The normalized spacial score (nSPS) is 43.0. The minimum absolute atomic E-state index is 0.0426. The highest BCUT2D eigenvalue weighted by Crippen LogP contribution is 2.47. The molecule has 4 atom stereocenters. The molecule has 3 aliphatic heterocycles. The molecular formula is C10H14O4. The lowest BCUT2D eigenvalue weighted by Crippen LogP contribution is -2.29. The van der Waals surface area contributed by atoms with E-state index in [9.17, 15) is 9.59 Å². The van der Waals surface area contributed by atoms with Gasteiger partial charge in [0.2, 0.25) is 0 Å². The maximum atomic E-state index is 11.1. The van der Waals surface area contributed by atoms with Crippen LogP contribution in [0.1, 0.15) is 26.7 Å². The Bertz CT molecular complexity index is 247. The van der Waals surface area contributed by atoms with Crippen molar-refractivity contribution in [2.45, 2.75) is 38.9 Å². The van der Waals surface area contributed by atoms with E-state index in [4.69, 9.17) is 4.74 Å². The van der Waals surface area contributed by atoms with Crippen molar-refractivity contribution in [2.75, 3.05) is 0 Å². The Morgan fingerprint density at radius 3 is 1.86 bits per heavy atom. The van der Waals surface area contributed by atoms with Gasteiger partial charge in [-0.05, 0) is 12.8 Å². The van der Waals surface area contributed by atoms with Crippen molar-refractivity contribution in [3.05, 3.63) is 0 Å². The van der Waals surface area contributed by atoms with Crippen LogP contribution in [0.15, 0.2) is 0 Å². The van der Waals surface area contributed by atoms with E-state index in [1.54, 1.807) is 0 Å². The summed E-state index contributed by atoms with van der Waals surface area (Å²) >= 11 is 0. The molecule has 0 aromatic rings. The highest BCUT2D eigenvalue weighted by Gasteiger charge is 2.61. The van der Waals surface area contributed by atoms with E-state index < -0.39 is 0 Å². The number of hydrogen-bond donors (Lipinski definition) is 0. The second-order valence-corrected chi connectivity index (χ2v) is 3.58. The summed E-state index contributed by atoms with van der Waals surface area (Å²) in [6.45, 7) is 4.00. The van der Waals surface area contributed by atoms with Crippen LogP contribution in [0.4, 0.5) is 0 Å². The second-order valence-electron chi connectivity index (χ2n) is 3.58. The van der Waals surface area contributed by atoms with Crippen LogP contribution >= 0.6 is 0 Å². The van der Waals surface area contributed by atoms with Gasteiger partial charge in [-0.15, -0.1) is 0 Å². The van der Waals surface area contributed by atoms with Crippen molar-refractivity contribution in [3.8, 4) is 0 Å². The summed E-state index contributed by atoms with van der Waals surface area (Å²) in [5.74, 6) is -1.32. The Morgan fingerprint density at radius 2 is 1.43 bits per heavy atom. The monoisotopic (exact) mass is 198 g/mol. The molecule has 0 aromatic heterocycles. The average molecular weight is 198 g/mol. The van der Waals surface area contributed by atoms with Crippen LogP contribution in [0.3, 0.4) is 0 Å². The van der Waals surface area contributed by atoms with Gasteiger partial charge in [0, 0.05) is 0 Å². The molecule has 0 aromatic carbocycles. The van der Waals surface area contributed by atoms with Gasteiger partial charge in [0.15, 0.2) is 0 Å². The molecule has 0 saturated carbocycles. The minimum Gasteiger partial charge on any atom is -0.393 e. The zero-order chi connectivity index (χ0) is 10.3. The topological polar surface area (TPSA) is 52.6 Å². The lowest BCUT2D eigenvalue weighted by Gasteiger charge is -2.13. The SMILES string of the molecule is CC.O=C1OC(=O)C2C3CCC(O3)C12. The van der Waals surface area contributed by atoms with Gasteiger partial charge in [0.25, 0.3) is 0 Å². The predicted octanol–water partition coefficient (Wildman–Crippen LogP) is 0.890. The molecular weight excluding hydrogens is 184 g/mol. The Labute approximate surface area is 82.6 Å². The maximum Gasteiger partial charge on any atom is 0.320 e. The zero-order valence-corrected chi connectivity index (χ0v) is 8.36. The van der Waals surface area contributed by atoms with E-state index in [-0.39, 0.29) is 36.0 Å². The fourth-order valence-electron chi connectivity index (χ4n) is 2.51. The van der Waals surface area contributed by atoms with Crippen LogP contribution in [0, 0.1) is 11.8 Å². The Kier molecular flexibility index (Phi) is 2.31. The fourth-order valence-corrected chi connectivity index (χ4v) is 2.51. The van der Waals surface area contributed by atoms with Crippen LogP contribution in [0.2, 0.25) is 0 Å². The first-order valence-electron chi connectivity index (χ1n) is 5.18. The van der Waals surface area contributed by atoms with Gasteiger partial charge in [-0.2, -0.15) is 0 Å². The van der Waals surface area contributed by atoms with Gasteiger partial charge in [-0.25, -0.2) is 0 Å². The average Bonchev–Trinajstić information content (AvgIpc) is 2.84. The molecule has 0 amide bonds. The highest BCUT2D eigenvalue weighted by molar-refractivity contribution is 5.97. The molecule has 4 nitrogen and oxygen atoms in total. The summed E-state index contributed by atoms with van der Waals surface area (Å²) in [6.07, 6.45) is 1.71. The molecule has 0 radical (unpaired) electrons. The molecule has 14 heavy (non-hydrogen) atoms. The Balaban J connectivity index is 0.000000354. The van der Waals surface area contributed by atoms with Crippen molar-refractivity contribution in [1.82, 2.24) is 0 Å². The van der Waals surface area contributed by atoms with Gasteiger partial charge < -0.3 is 9.47 Å². The molecule has 0 aliphatic carbocycles. The second kappa shape index (κ2) is 3.35. The molecule has 4 heteroatoms. The minimum atomic E-state index is -0.378. The number of esters is 2. The number of rotatable bonds is 0. The number of carbonyl (C=O) groups is 2. The zero-order valence-electron chi connectivity index (χ0n) is 8.36. The quantitative estimate of drug-likeness (QED) is 0.428.